The summed E-state index contributed by atoms with van der Waals surface area (Å²) in [5, 5.41) is 0.980. The van der Waals surface area contributed by atoms with E-state index in [0.717, 1.165) is 16.9 Å². The van der Waals surface area contributed by atoms with Crippen molar-refractivity contribution in [3.63, 3.8) is 0 Å². The Bertz CT molecular complexity index is 602. The van der Waals surface area contributed by atoms with Crippen LogP contribution in [0.4, 0.5) is 0 Å². The zero-order chi connectivity index (χ0) is 14.5. The Kier molecular flexibility index (Phi) is 5.12. The number of nitrogens with two attached hydrogens (primary N) is 1. The Morgan fingerprint density at radius 3 is 2.50 bits per heavy atom. The van der Waals surface area contributed by atoms with Crippen LogP contribution in [0.5, 0.6) is 11.5 Å². The molecule has 0 heterocycles. The number of ether oxygens (including phenoxy) is 2. The number of methoxy groups -OCH3 is 1. The highest BCUT2D eigenvalue weighted by atomic mass is 35.5. The summed E-state index contributed by atoms with van der Waals surface area (Å²) in [5.74, 6) is 1.43. The van der Waals surface area contributed by atoms with Crippen molar-refractivity contribution in [2.24, 2.45) is 5.73 Å². The molecule has 0 aliphatic carbocycles. The molecule has 2 aromatic rings. The van der Waals surface area contributed by atoms with Gasteiger partial charge in [0.15, 0.2) is 0 Å². The van der Waals surface area contributed by atoms with Gasteiger partial charge in [-0.2, -0.15) is 0 Å². The van der Waals surface area contributed by atoms with E-state index in [2.05, 4.69) is 0 Å². The smallest absolute Gasteiger partial charge is 0.123 e. The molecule has 0 bridgehead atoms. The summed E-state index contributed by atoms with van der Waals surface area (Å²) in [4.78, 5) is 0. The van der Waals surface area contributed by atoms with Crippen LogP contribution in [0.15, 0.2) is 36.4 Å². The van der Waals surface area contributed by atoms with E-state index in [1.807, 2.05) is 18.2 Å². The highest BCUT2D eigenvalue weighted by Crippen LogP contribution is 2.27. The van der Waals surface area contributed by atoms with E-state index >= 15 is 0 Å². The van der Waals surface area contributed by atoms with Crippen LogP contribution < -0.4 is 15.2 Å². The highest BCUT2D eigenvalue weighted by molar-refractivity contribution is 6.42. The van der Waals surface area contributed by atoms with E-state index in [1.54, 1.807) is 25.3 Å². The Labute approximate surface area is 128 Å². The minimum atomic E-state index is 0.416. The first-order valence-electron chi connectivity index (χ1n) is 6.07. The lowest BCUT2D eigenvalue weighted by Gasteiger charge is -2.11. The molecule has 106 valence electrons. The van der Waals surface area contributed by atoms with Crippen LogP contribution in [-0.2, 0) is 13.2 Å². The van der Waals surface area contributed by atoms with Crippen LogP contribution in [-0.4, -0.2) is 7.11 Å². The van der Waals surface area contributed by atoms with Crippen LogP contribution in [0.1, 0.15) is 11.1 Å². The first-order valence-corrected chi connectivity index (χ1v) is 6.83. The molecule has 20 heavy (non-hydrogen) atoms. The SMILES string of the molecule is COc1cc(COc2ccc(Cl)c(Cl)c2)ccc1CN. The fourth-order valence-corrected chi connectivity index (χ4v) is 2.07. The van der Waals surface area contributed by atoms with Gasteiger partial charge in [0.05, 0.1) is 17.2 Å². The van der Waals surface area contributed by atoms with Gasteiger partial charge in [-0.3, -0.25) is 0 Å². The van der Waals surface area contributed by atoms with Crippen LogP contribution in [0.3, 0.4) is 0 Å². The van der Waals surface area contributed by atoms with Gasteiger partial charge in [0.25, 0.3) is 0 Å². The lowest BCUT2D eigenvalue weighted by atomic mass is 10.1. The molecular formula is C15H15Cl2NO2. The lowest BCUT2D eigenvalue weighted by molar-refractivity contribution is 0.305. The van der Waals surface area contributed by atoms with Crippen LogP contribution in [0, 0.1) is 0 Å². The van der Waals surface area contributed by atoms with Crippen molar-refractivity contribution in [1.29, 1.82) is 0 Å². The van der Waals surface area contributed by atoms with Gasteiger partial charge in [0.2, 0.25) is 0 Å². The van der Waals surface area contributed by atoms with Crippen molar-refractivity contribution in [2.45, 2.75) is 13.2 Å². The fourth-order valence-electron chi connectivity index (χ4n) is 1.78. The summed E-state index contributed by atoms with van der Waals surface area (Å²) in [5.41, 5.74) is 7.59. The van der Waals surface area contributed by atoms with Crippen molar-refractivity contribution < 1.29 is 9.47 Å². The standard InChI is InChI=1S/C15H15Cl2NO2/c1-19-15-6-10(2-3-11(15)8-18)9-20-12-4-5-13(16)14(17)7-12/h2-7H,8-9,18H2,1H3. The molecule has 0 fully saturated rings. The van der Waals surface area contributed by atoms with E-state index in [1.165, 1.54) is 0 Å². The molecule has 0 aliphatic heterocycles. The molecule has 0 unspecified atom stereocenters. The minimum absolute atomic E-state index is 0.416. The first-order chi connectivity index (χ1) is 9.63. The molecule has 5 heteroatoms. The second kappa shape index (κ2) is 6.84. The van der Waals surface area contributed by atoms with Crippen LogP contribution >= 0.6 is 23.2 Å². The summed E-state index contributed by atoms with van der Waals surface area (Å²) in [6.07, 6.45) is 0. The summed E-state index contributed by atoms with van der Waals surface area (Å²) in [6, 6.07) is 11.0. The monoisotopic (exact) mass is 311 g/mol. The zero-order valence-electron chi connectivity index (χ0n) is 11.0. The van der Waals surface area contributed by atoms with Gasteiger partial charge < -0.3 is 15.2 Å². The van der Waals surface area contributed by atoms with Gasteiger partial charge in [-0.1, -0.05) is 35.3 Å². The van der Waals surface area contributed by atoms with Gasteiger partial charge in [0.1, 0.15) is 18.1 Å². The largest absolute Gasteiger partial charge is 0.496 e. The molecule has 0 saturated heterocycles. The quantitative estimate of drug-likeness (QED) is 0.906. The molecule has 0 aliphatic rings. The Morgan fingerprint density at radius 2 is 1.85 bits per heavy atom. The average Bonchev–Trinajstić information content (AvgIpc) is 2.48. The predicted molar refractivity (Wildman–Crippen MR) is 81.7 cm³/mol. The molecule has 0 saturated carbocycles. The van der Waals surface area contributed by atoms with Gasteiger partial charge in [-0.15, -0.1) is 0 Å². The minimum Gasteiger partial charge on any atom is -0.496 e. The van der Waals surface area contributed by atoms with E-state index < -0.39 is 0 Å². The summed E-state index contributed by atoms with van der Waals surface area (Å²) in [7, 11) is 1.62. The van der Waals surface area contributed by atoms with Crippen molar-refractivity contribution in [3.8, 4) is 11.5 Å². The molecular weight excluding hydrogens is 297 g/mol. The number of halogens is 2. The molecule has 2 N–H and O–H groups in total. The number of benzene rings is 2. The summed E-state index contributed by atoms with van der Waals surface area (Å²) >= 11 is 11.8. The van der Waals surface area contributed by atoms with Gasteiger partial charge in [0, 0.05) is 18.2 Å². The molecule has 3 nitrogen and oxygen atoms in total. The number of rotatable bonds is 5. The predicted octanol–water partition coefficient (Wildman–Crippen LogP) is 4.04. The Morgan fingerprint density at radius 1 is 1.05 bits per heavy atom. The summed E-state index contributed by atoms with van der Waals surface area (Å²) in [6.45, 7) is 0.857. The second-order valence-corrected chi connectivity index (χ2v) is 5.03. The third-order valence-corrected chi connectivity index (χ3v) is 3.61. The van der Waals surface area contributed by atoms with Gasteiger partial charge in [-0.05, 0) is 23.8 Å². The highest BCUT2D eigenvalue weighted by Gasteiger charge is 2.05. The first kappa shape index (κ1) is 15.0. The molecule has 0 spiro atoms. The van der Waals surface area contributed by atoms with Crippen molar-refractivity contribution >= 4 is 23.2 Å². The zero-order valence-corrected chi connectivity index (χ0v) is 12.5. The Balaban J connectivity index is 2.08. The van der Waals surface area contributed by atoms with Gasteiger partial charge in [-0.25, -0.2) is 0 Å². The van der Waals surface area contributed by atoms with Crippen molar-refractivity contribution in [3.05, 3.63) is 57.6 Å². The molecule has 2 aromatic carbocycles. The molecule has 0 atom stereocenters. The number of hydrogen-bond donors (Lipinski definition) is 1. The summed E-state index contributed by atoms with van der Waals surface area (Å²) < 4.78 is 11.0. The van der Waals surface area contributed by atoms with Crippen LogP contribution in [0.25, 0.3) is 0 Å². The van der Waals surface area contributed by atoms with Gasteiger partial charge >= 0.3 is 0 Å². The maximum absolute atomic E-state index is 5.94. The van der Waals surface area contributed by atoms with E-state index in [4.69, 9.17) is 38.4 Å². The Hall–Kier alpha value is -1.42. The maximum Gasteiger partial charge on any atom is 0.123 e. The third kappa shape index (κ3) is 3.57. The third-order valence-electron chi connectivity index (χ3n) is 2.87. The fraction of sp³-hybridized carbons (Fsp3) is 0.200. The van der Waals surface area contributed by atoms with Crippen molar-refractivity contribution in [2.75, 3.05) is 7.11 Å². The van der Waals surface area contributed by atoms with E-state index in [9.17, 15) is 0 Å². The molecule has 0 aromatic heterocycles. The second-order valence-electron chi connectivity index (χ2n) is 4.21. The number of hydrogen-bond acceptors (Lipinski definition) is 3. The molecule has 2 rings (SSSR count). The van der Waals surface area contributed by atoms with Crippen molar-refractivity contribution in [1.82, 2.24) is 0 Å². The maximum atomic E-state index is 5.94. The normalized spacial score (nSPS) is 10.4. The average molecular weight is 312 g/mol. The van der Waals surface area contributed by atoms with E-state index in [0.29, 0.717) is 28.9 Å². The van der Waals surface area contributed by atoms with Crippen LogP contribution in [0.2, 0.25) is 10.0 Å². The lowest BCUT2D eigenvalue weighted by Crippen LogP contribution is -2.02. The topological polar surface area (TPSA) is 44.5 Å². The van der Waals surface area contributed by atoms with E-state index in [-0.39, 0.29) is 0 Å². The molecule has 0 amide bonds. The molecule has 0 radical (unpaired) electrons.